The number of aliphatic hydroxyl groups excluding tert-OH is 1. The second-order valence-electron chi connectivity index (χ2n) is 5.15. The number of benzene rings is 1. The first-order valence-corrected chi connectivity index (χ1v) is 6.79. The maximum Gasteiger partial charge on any atom is 0.329 e. The lowest BCUT2D eigenvalue weighted by molar-refractivity contribution is -0.194. The number of aliphatic hydroxyl groups is 1. The molecule has 0 saturated carbocycles. The summed E-state index contributed by atoms with van der Waals surface area (Å²) in [4.78, 5) is 35.8. The minimum Gasteiger partial charge on any atom is -0.480 e. The number of carbonyl (C=O) groups is 3. The third kappa shape index (κ3) is 2.80. The summed E-state index contributed by atoms with van der Waals surface area (Å²) in [5, 5.41) is 19.0. The van der Waals surface area contributed by atoms with E-state index in [2.05, 4.69) is 0 Å². The van der Waals surface area contributed by atoms with Crippen LogP contribution in [0.2, 0.25) is 0 Å². The maximum absolute atomic E-state index is 12.2. The number of rotatable bonds is 5. The Hall–Kier alpha value is -2.41. The van der Waals surface area contributed by atoms with Crippen LogP contribution in [-0.2, 0) is 19.1 Å². The predicted molar refractivity (Wildman–Crippen MR) is 74.7 cm³/mol. The molecule has 2 rings (SSSR count). The zero-order valence-corrected chi connectivity index (χ0v) is 12.2. The van der Waals surface area contributed by atoms with Crippen molar-refractivity contribution in [1.29, 1.82) is 0 Å². The first kappa shape index (κ1) is 16.0. The second kappa shape index (κ2) is 6.15. The van der Waals surface area contributed by atoms with Crippen molar-refractivity contribution in [3.63, 3.8) is 0 Å². The highest BCUT2D eigenvalue weighted by atomic mass is 16.6. The zero-order valence-electron chi connectivity index (χ0n) is 12.2. The smallest absolute Gasteiger partial charge is 0.329 e. The molecule has 1 aliphatic rings. The maximum atomic E-state index is 12.2. The van der Waals surface area contributed by atoms with Crippen LogP contribution in [0.4, 0.5) is 0 Å². The van der Waals surface area contributed by atoms with Gasteiger partial charge in [-0.25, -0.2) is 4.79 Å². The predicted octanol–water partition coefficient (Wildman–Crippen LogP) is 0.336. The van der Waals surface area contributed by atoms with E-state index in [1.54, 1.807) is 30.3 Å². The van der Waals surface area contributed by atoms with Crippen molar-refractivity contribution in [2.45, 2.75) is 38.1 Å². The van der Waals surface area contributed by atoms with Crippen LogP contribution in [0.15, 0.2) is 30.3 Å². The summed E-state index contributed by atoms with van der Waals surface area (Å²) in [6, 6.07) is 6.54. The van der Waals surface area contributed by atoms with Crippen molar-refractivity contribution >= 4 is 17.8 Å². The number of aliphatic carboxylic acids is 1. The lowest BCUT2D eigenvalue weighted by Crippen LogP contribution is -2.67. The van der Waals surface area contributed by atoms with Gasteiger partial charge in [-0.2, -0.15) is 0 Å². The molecular formula is C15H17NO6. The Morgan fingerprint density at radius 1 is 1.27 bits per heavy atom. The molecule has 22 heavy (non-hydrogen) atoms. The first-order valence-electron chi connectivity index (χ1n) is 6.79. The number of carbonyl (C=O) groups excluding carboxylic acids is 2. The van der Waals surface area contributed by atoms with E-state index in [9.17, 15) is 24.6 Å². The number of likely N-dealkylation sites (tertiary alicyclic amines) is 1. The third-order valence-electron chi connectivity index (χ3n) is 3.53. The van der Waals surface area contributed by atoms with Gasteiger partial charge in [-0.3, -0.25) is 9.59 Å². The minimum atomic E-state index is -1.40. The molecule has 1 amide bonds. The molecule has 1 heterocycles. The summed E-state index contributed by atoms with van der Waals surface area (Å²) in [6.45, 7) is 2.48. The zero-order chi connectivity index (χ0) is 16.4. The van der Waals surface area contributed by atoms with E-state index in [1.165, 1.54) is 13.8 Å². The van der Waals surface area contributed by atoms with Crippen molar-refractivity contribution in [3.05, 3.63) is 35.9 Å². The van der Waals surface area contributed by atoms with Crippen LogP contribution in [0.5, 0.6) is 0 Å². The van der Waals surface area contributed by atoms with Crippen LogP contribution in [0.3, 0.4) is 0 Å². The van der Waals surface area contributed by atoms with Crippen LogP contribution in [-0.4, -0.2) is 51.2 Å². The van der Waals surface area contributed by atoms with Crippen molar-refractivity contribution in [2.75, 3.05) is 0 Å². The van der Waals surface area contributed by atoms with E-state index in [4.69, 9.17) is 4.74 Å². The highest BCUT2D eigenvalue weighted by Crippen LogP contribution is 2.39. The summed E-state index contributed by atoms with van der Waals surface area (Å²) >= 11 is 0. The molecule has 0 aliphatic carbocycles. The number of carboxylic acid groups (broad SMARTS) is 1. The van der Waals surface area contributed by atoms with Gasteiger partial charge in [0.05, 0.1) is 6.10 Å². The van der Waals surface area contributed by atoms with Gasteiger partial charge in [-0.05, 0) is 12.5 Å². The van der Waals surface area contributed by atoms with E-state index in [-0.39, 0.29) is 0 Å². The molecular weight excluding hydrogens is 290 g/mol. The van der Waals surface area contributed by atoms with Crippen LogP contribution in [0.25, 0.3) is 0 Å². The number of hydrogen-bond acceptors (Lipinski definition) is 5. The SMILES string of the molecule is CC(=O)O[C@H]1C(=O)N(C(C(=O)O)C(C)O)[C@H]1c1ccccc1. The van der Waals surface area contributed by atoms with Crippen molar-refractivity contribution in [2.24, 2.45) is 0 Å². The summed E-state index contributed by atoms with van der Waals surface area (Å²) in [5.41, 5.74) is 0.639. The fourth-order valence-electron chi connectivity index (χ4n) is 2.63. The fourth-order valence-corrected chi connectivity index (χ4v) is 2.63. The molecule has 1 aromatic rings. The summed E-state index contributed by atoms with van der Waals surface area (Å²) in [6.07, 6.45) is -2.33. The Bertz CT molecular complexity index is 585. The van der Waals surface area contributed by atoms with E-state index in [0.29, 0.717) is 5.56 Å². The number of β-lactam (4-membered cyclic amide) rings is 1. The molecule has 0 bridgehead atoms. The van der Waals surface area contributed by atoms with Crippen LogP contribution >= 0.6 is 0 Å². The number of hydrogen-bond donors (Lipinski definition) is 2. The lowest BCUT2D eigenvalue weighted by atomic mass is 9.87. The molecule has 7 nitrogen and oxygen atoms in total. The highest BCUT2D eigenvalue weighted by molar-refractivity contribution is 5.94. The second-order valence-corrected chi connectivity index (χ2v) is 5.15. The molecule has 2 unspecified atom stereocenters. The quantitative estimate of drug-likeness (QED) is 0.600. The summed E-state index contributed by atoms with van der Waals surface area (Å²) in [5.74, 6) is -2.56. The van der Waals surface area contributed by atoms with Gasteiger partial charge in [-0.15, -0.1) is 0 Å². The van der Waals surface area contributed by atoms with Crippen molar-refractivity contribution < 1.29 is 29.3 Å². The molecule has 0 radical (unpaired) electrons. The van der Waals surface area contributed by atoms with E-state index in [0.717, 1.165) is 4.90 Å². The third-order valence-corrected chi connectivity index (χ3v) is 3.53. The molecule has 7 heteroatoms. The van der Waals surface area contributed by atoms with Crippen LogP contribution < -0.4 is 0 Å². The molecule has 2 N–H and O–H groups in total. The Morgan fingerprint density at radius 2 is 1.86 bits per heavy atom. The van der Waals surface area contributed by atoms with Gasteiger partial charge >= 0.3 is 11.9 Å². The average molecular weight is 307 g/mol. The molecule has 1 fully saturated rings. The van der Waals surface area contributed by atoms with Crippen LogP contribution in [0, 0.1) is 0 Å². The largest absolute Gasteiger partial charge is 0.480 e. The van der Waals surface area contributed by atoms with Gasteiger partial charge in [-0.1, -0.05) is 30.3 Å². The molecule has 118 valence electrons. The Morgan fingerprint density at radius 3 is 2.32 bits per heavy atom. The Balaban J connectivity index is 2.38. The summed E-state index contributed by atoms with van der Waals surface area (Å²) in [7, 11) is 0. The molecule has 4 atom stereocenters. The fraction of sp³-hybridized carbons (Fsp3) is 0.400. The average Bonchev–Trinajstić information content (AvgIpc) is 2.45. The summed E-state index contributed by atoms with van der Waals surface area (Å²) < 4.78 is 5.00. The van der Waals surface area contributed by atoms with Crippen molar-refractivity contribution in [1.82, 2.24) is 4.90 Å². The lowest BCUT2D eigenvalue weighted by Gasteiger charge is -2.49. The van der Waals surface area contributed by atoms with Gasteiger partial charge in [0, 0.05) is 6.92 Å². The van der Waals surface area contributed by atoms with Crippen molar-refractivity contribution in [3.8, 4) is 0 Å². The van der Waals surface area contributed by atoms with Gasteiger partial charge in [0.25, 0.3) is 5.91 Å². The Labute approximate surface area is 127 Å². The normalized spacial score (nSPS) is 23.4. The number of carboxylic acids is 1. The number of nitrogens with zero attached hydrogens (tertiary/aromatic N) is 1. The minimum absolute atomic E-state index is 0.622. The number of esters is 1. The van der Waals surface area contributed by atoms with E-state index >= 15 is 0 Å². The van der Waals surface area contributed by atoms with E-state index < -0.39 is 42.1 Å². The monoisotopic (exact) mass is 307 g/mol. The Kier molecular flexibility index (Phi) is 4.46. The molecule has 1 aromatic carbocycles. The van der Waals surface area contributed by atoms with Gasteiger partial charge < -0.3 is 19.8 Å². The topological polar surface area (TPSA) is 104 Å². The number of ether oxygens (including phenoxy) is 1. The molecule has 1 aliphatic heterocycles. The van der Waals surface area contributed by atoms with Crippen LogP contribution in [0.1, 0.15) is 25.5 Å². The van der Waals surface area contributed by atoms with E-state index in [1.807, 2.05) is 0 Å². The number of amides is 1. The van der Waals surface area contributed by atoms with Gasteiger partial charge in [0.2, 0.25) is 6.10 Å². The molecule has 0 aromatic heterocycles. The first-order chi connectivity index (χ1) is 10.3. The van der Waals surface area contributed by atoms with Gasteiger partial charge in [0.1, 0.15) is 6.04 Å². The standard InChI is InChI=1S/C15H17NO6/c1-8(17)11(15(20)21)16-12(10-6-4-3-5-7-10)13(14(16)19)22-9(2)18/h3-8,11-13,17H,1-2H3,(H,20,21)/t8?,11?,12-,13+/m0/s1. The highest BCUT2D eigenvalue weighted by Gasteiger charge is 2.56. The molecule has 1 saturated heterocycles. The van der Waals surface area contributed by atoms with Gasteiger partial charge in [0.15, 0.2) is 6.04 Å². The molecule has 0 spiro atoms.